The lowest BCUT2D eigenvalue weighted by molar-refractivity contribution is -0.910. The number of rotatable bonds is 5. The highest BCUT2D eigenvalue weighted by Gasteiger charge is 2.37. The summed E-state index contributed by atoms with van der Waals surface area (Å²) < 4.78 is 27.9. The first-order valence-corrected chi connectivity index (χ1v) is 9.44. The number of quaternary nitrogens is 1. The van der Waals surface area contributed by atoms with Gasteiger partial charge in [0.05, 0.1) is 51.2 Å². The maximum absolute atomic E-state index is 6.26. The van der Waals surface area contributed by atoms with Gasteiger partial charge in [-0.2, -0.15) is 0 Å². The molecule has 2 aliphatic heterocycles. The molecule has 0 fully saturated rings. The van der Waals surface area contributed by atoms with Crippen molar-refractivity contribution in [3.63, 3.8) is 0 Å². The van der Waals surface area contributed by atoms with Gasteiger partial charge in [-0.1, -0.05) is 11.6 Å². The van der Waals surface area contributed by atoms with Crippen LogP contribution in [0.1, 0.15) is 17.3 Å². The smallest absolute Gasteiger partial charge is 0.231 e. The van der Waals surface area contributed by atoms with Gasteiger partial charge in [0.2, 0.25) is 12.5 Å². The Kier molecular flexibility index (Phi) is 5.03. The third kappa shape index (κ3) is 3.04. The minimum absolute atomic E-state index is 0.0759. The Hall–Kier alpha value is -2.51. The molecule has 7 nitrogen and oxygen atoms in total. The monoisotopic (exact) mass is 407 g/mol. The second kappa shape index (κ2) is 7.48. The summed E-state index contributed by atoms with van der Waals surface area (Å²) in [4.78, 5) is 1.29. The third-order valence-corrected chi connectivity index (χ3v) is 5.59. The van der Waals surface area contributed by atoms with E-state index in [1.165, 1.54) is 10.5 Å². The Morgan fingerprint density at radius 1 is 1.07 bits per heavy atom. The Morgan fingerprint density at radius 2 is 1.86 bits per heavy atom. The molecule has 1 unspecified atom stereocenters. The van der Waals surface area contributed by atoms with Crippen LogP contribution in [-0.2, 0) is 6.42 Å². The molecule has 0 radical (unpaired) electrons. The number of hydrogen-bond donors (Lipinski definition) is 2. The maximum Gasteiger partial charge on any atom is 0.231 e. The van der Waals surface area contributed by atoms with Crippen LogP contribution < -0.4 is 33.9 Å². The van der Waals surface area contributed by atoms with E-state index >= 15 is 0 Å². The van der Waals surface area contributed by atoms with Gasteiger partial charge < -0.3 is 33.9 Å². The molecule has 2 atom stereocenters. The van der Waals surface area contributed by atoms with Gasteiger partial charge in [0.15, 0.2) is 17.7 Å². The zero-order valence-corrected chi connectivity index (χ0v) is 17.1. The zero-order chi connectivity index (χ0) is 19.8. The van der Waals surface area contributed by atoms with Crippen LogP contribution in [0.5, 0.6) is 28.7 Å². The molecule has 4 rings (SSSR count). The fourth-order valence-electron chi connectivity index (χ4n) is 3.85. The molecule has 0 saturated carbocycles. The SMILES string of the molecule is COc1cc(N[C@@H]2c3c(cc4c(c3OC)OCO4)CC[NH+]2C)c(OC)cc1Cl. The second-order valence-electron chi connectivity index (χ2n) is 6.83. The van der Waals surface area contributed by atoms with Crippen LogP contribution in [0.4, 0.5) is 5.69 Å². The zero-order valence-electron chi connectivity index (χ0n) is 16.3. The minimum atomic E-state index is -0.0759. The molecule has 8 heteroatoms. The summed E-state index contributed by atoms with van der Waals surface area (Å²) >= 11 is 6.26. The largest absolute Gasteiger partial charge is 0.495 e. The Labute approximate surface area is 169 Å². The maximum atomic E-state index is 6.26. The van der Waals surface area contributed by atoms with Gasteiger partial charge in [-0.05, 0) is 11.6 Å². The first kappa shape index (κ1) is 18.8. The second-order valence-corrected chi connectivity index (χ2v) is 7.23. The summed E-state index contributed by atoms with van der Waals surface area (Å²) in [5, 5.41) is 4.09. The molecular formula is C20H24ClN2O5+. The van der Waals surface area contributed by atoms with Gasteiger partial charge in [-0.25, -0.2) is 0 Å². The lowest BCUT2D eigenvalue weighted by Gasteiger charge is -2.34. The number of anilines is 1. The fourth-order valence-corrected chi connectivity index (χ4v) is 4.08. The molecule has 0 aromatic heterocycles. The van der Waals surface area contributed by atoms with E-state index in [9.17, 15) is 0 Å². The predicted octanol–water partition coefficient (Wildman–Crippen LogP) is 2.28. The van der Waals surface area contributed by atoms with Crippen LogP contribution in [-0.4, -0.2) is 41.7 Å². The summed E-state index contributed by atoms with van der Waals surface area (Å²) in [6.07, 6.45) is 0.848. The van der Waals surface area contributed by atoms with Crippen LogP contribution in [0.3, 0.4) is 0 Å². The van der Waals surface area contributed by atoms with Crippen molar-refractivity contribution < 1.29 is 28.6 Å². The van der Waals surface area contributed by atoms with Crippen molar-refractivity contribution in [2.75, 3.05) is 47.0 Å². The van der Waals surface area contributed by atoms with Crippen LogP contribution in [0, 0.1) is 0 Å². The number of benzene rings is 2. The Bertz CT molecular complexity index is 905. The Balaban J connectivity index is 1.80. The number of methoxy groups -OCH3 is 3. The van der Waals surface area contributed by atoms with Gasteiger partial charge in [-0.15, -0.1) is 0 Å². The number of ether oxygens (including phenoxy) is 5. The molecule has 2 aromatic carbocycles. The van der Waals surface area contributed by atoms with E-state index in [1.807, 2.05) is 6.07 Å². The van der Waals surface area contributed by atoms with Crippen molar-refractivity contribution in [1.29, 1.82) is 0 Å². The standard InChI is InChI=1S/C20H23ClN2O5/c1-23-6-5-11-7-16-18(28-10-27-16)19(26-4)17(11)20(23)22-13-9-14(24-2)12(21)8-15(13)25-3/h7-9,20,22H,5-6,10H2,1-4H3/p+1/t20-/m0/s1. The molecule has 2 N–H and O–H groups in total. The van der Waals surface area contributed by atoms with Crippen molar-refractivity contribution in [3.05, 3.63) is 34.3 Å². The van der Waals surface area contributed by atoms with Crippen molar-refractivity contribution in [2.24, 2.45) is 0 Å². The van der Waals surface area contributed by atoms with E-state index in [0.29, 0.717) is 28.0 Å². The summed E-state index contributed by atoms with van der Waals surface area (Å²) in [7, 11) is 7.01. The minimum Gasteiger partial charge on any atom is -0.495 e. The summed E-state index contributed by atoms with van der Waals surface area (Å²) in [5.74, 6) is 3.33. The van der Waals surface area contributed by atoms with E-state index in [0.717, 1.165) is 30.0 Å². The molecule has 0 amide bonds. The van der Waals surface area contributed by atoms with Crippen LogP contribution in [0.25, 0.3) is 0 Å². The molecule has 2 aromatic rings. The van der Waals surface area contributed by atoms with Crippen molar-refractivity contribution >= 4 is 17.3 Å². The van der Waals surface area contributed by atoms with Crippen LogP contribution >= 0.6 is 11.6 Å². The average Bonchev–Trinajstić information content (AvgIpc) is 3.17. The lowest BCUT2D eigenvalue weighted by Crippen LogP contribution is -3.11. The number of likely N-dealkylation sites (N-methyl/N-ethyl adjacent to an activating group) is 1. The summed E-state index contributed by atoms with van der Waals surface area (Å²) in [6.45, 7) is 1.16. The number of halogens is 1. The Morgan fingerprint density at radius 3 is 2.57 bits per heavy atom. The van der Waals surface area contributed by atoms with Crippen molar-refractivity contribution in [1.82, 2.24) is 0 Å². The van der Waals surface area contributed by atoms with E-state index in [4.69, 9.17) is 35.3 Å². The number of nitrogens with one attached hydrogen (secondary N) is 2. The van der Waals surface area contributed by atoms with Gasteiger partial charge >= 0.3 is 0 Å². The number of fused-ring (bicyclic) bond motifs is 2. The highest BCUT2D eigenvalue weighted by atomic mass is 35.5. The fraction of sp³-hybridized carbons (Fsp3) is 0.400. The van der Waals surface area contributed by atoms with E-state index in [2.05, 4.69) is 18.4 Å². The first-order valence-electron chi connectivity index (χ1n) is 9.07. The lowest BCUT2D eigenvalue weighted by atomic mass is 9.94. The molecule has 0 aliphatic carbocycles. The van der Waals surface area contributed by atoms with Crippen molar-refractivity contribution in [3.8, 4) is 28.7 Å². The summed E-state index contributed by atoms with van der Waals surface area (Å²) in [5.41, 5.74) is 3.04. The topological polar surface area (TPSA) is 62.6 Å². The van der Waals surface area contributed by atoms with E-state index in [1.54, 1.807) is 27.4 Å². The molecule has 2 aliphatic rings. The van der Waals surface area contributed by atoms with Gasteiger partial charge in [0, 0.05) is 18.6 Å². The van der Waals surface area contributed by atoms with E-state index in [-0.39, 0.29) is 13.0 Å². The predicted molar refractivity (Wildman–Crippen MR) is 105 cm³/mol. The van der Waals surface area contributed by atoms with Gasteiger partial charge in [0.25, 0.3) is 0 Å². The highest BCUT2D eigenvalue weighted by molar-refractivity contribution is 6.32. The van der Waals surface area contributed by atoms with Crippen LogP contribution in [0.15, 0.2) is 18.2 Å². The van der Waals surface area contributed by atoms with Gasteiger partial charge in [-0.3, -0.25) is 0 Å². The normalized spacial score (nSPS) is 19.8. The molecule has 0 saturated heterocycles. The van der Waals surface area contributed by atoms with E-state index < -0.39 is 0 Å². The first-order chi connectivity index (χ1) is 13.6. The molecule has 28 heavy (non-hydrogen) atoms. The molecular weight excluding hydrogens is 384 g/mol. The van der Waals surface area contributed by atoms with Crippen molar-refractivity contribution in [2.45, 2.75) is 12.6 Å². The number of hydrogen-bond acceptors (Lipinski definition) is 6. The quantitative estimate of drug-likeness (QED) is 0.793. The third-order valence-electron chi connectivity index (χ3n) is 5.29. The molecule has 0 spiro atoms. The summed E-state index contributed by atoms with van der Waals surface area (Å²) in [6, 6.07) is 5.65. The van der Waals surface area contributed by atoms with Gasteiger partial charge in [0.1, 0.15) is 11.5 Å². The molecule has 0 bridgehead atoms. The highest BCUT2D eigenvalue weighted by Crippen LogP contribution is 2.48. The molecule has 2 heterocycles. The average molecular weight is 408 g/mol. The molecule has 150 valence electrons. The van der Waals surface area contributed by atoms with Crippen LogP contribution in [0.2, 0.25) is 5.02 Å².